The van der Waals surface area contributed by atoms with E-state index in [9.17, 15) is 0 Å². The molecule has 1 aliphatic rings. The lowest BCUT2D eigenvalue weighted by Gasteiger charge is -2.32. The van der Waals surface area contributed by atoms with Crippen molar-refractivity contribution in [3.8, 4) is 5.75 Å². The molecule has 0 radical (unpaired) electrons. The predicted molar refractivity (Wildman–Crippen MR) is 58.8 cm³/mol. The average Bonchev–Trinajstić information content (AvgIpc) is 2.27. The normalized spacial score (nSPS) is 25.3. The number of ether oxygens (including phenoxy) is 1. The van der Waals surface area contributed by atoms with Crippen LogP contribution in [0, 0.1) is 5.92 Å². The fourth-order valence-electron chi connectivity index (χ4n) is 2.44. The van der Waals surface area contributed by atoms with Gasteiger partial charge in [-0.25, -0.2) is 0 Å². The lowest BCUT2D eigenvalue weighted by molar-refractivity contribution is 0.186. The van der Waals surface area contributed by atoms with Crippen molar-refractivity contribution in [3.05, 3.63) is 29.8 Å². The molecule has 2 atom stereocenters. The first-order chi connectivity index (χ1) is 6.86. The van der Waals surface area contributed by atoms with E-state index in [1.165, 1.54) is 18.4 Å². The maximum absolute atomic E-state index is 5.76. The molecule has 0 fully saturated rings. The Hall–Kier alpha value is -0.980. The molecule has 0 N–H and O–H groups in total. The summed E-state index contributed by atoms with van der Waals surface area (Å²) in [6.45, 7) is 5.42. The number of hydrogen-bond acceptors (Lipinski definition) is 1. The van der Waals surface area contributed by atoms with Crippen molar-refractivity contribution < 1.29 is 4.74 Å². The first-order valence-corrected chi connectivity index (χ1v) is 5.58. The second kappa shape index (κ2) is 4.04. The van der Waals surface area contributed by atoms with Crippen LogP contribution in [0.1, 0.15) is 38.2 Å². The smallest absolute Gasteiger partial charge is 0.122 e. The van der Waals surface area contributed by atoms with Crippen molar-refractivity contribution in [2.24, 2.45) is 5.92 Å². The van der Waals surface area contributed by atoms with Crippen molar-refractivity contribution >= 4 is 0 Å². The van der Waals surface area contributed by atoms with Crippen molar-refractivity contribution in [2.75, 3.05) is 6.61 Å². The van der Waals surface area contributed by atoms with Gasteiger partial charge in [0.05, 0.1) is 6.61 Å². The minimum atomic E-state index is 0.699. The van der Waals surface area contributed by atoms with Gasteiger partial charge in [-0.2, -0.15) is 0 Å². The Bertz CT molecular complexity index is 306. The quantitative estimate of drug-likeness (QED) is 0.692. The van der Waals surface area contributed by atoms with Gasteiger partial charge in [0.1, 0.15) is 5.75 Å². The molecule has 1 heteroatoms. The van der Waals surface area contributed by atoms with Crippen LogP contribution in [0.25, 0.3) is 0 Å². The highest BCUT2D eigenvalue weighted by atomic mass is 16.5. The molecule has 1 nitrogen and oxygen atoms in total. The van der Waals surface area contributed by atoms with Gasteiger partial charge in [-0.15, -0.1) is 0 Å². The highest BCUT2D eigenvalue weighted by Gasteiger charge is 2.27. The third-order valence-corrected chi connectivity index (χ3v) is 3.30. The maximum Gasteiger partial charge on any atom is 0.122 e. The average molecular weight is 190 g/mol. The van der Waals surface area contributed by atoms with Crippen molar-refractivity contribution in [1.29, 1.82) is 0 Å². The molecule has 0 unspecified atom stereocenters. The Morgan fingerprint density at radius 1 is 1.21 bits per heavy atom. The van der Waals surface area contributed by atoms with Crippen LogP contribution in [0.15, 0.2) is 24.3 Å². The molecule has 1 aromatic rings. The summed E-state index contributed by atoms with van der Waals surface area (Å²) in [6.07, 6.45) is 2.44. The Balaban J connectivity index is 2.34. The van der Waals surface area contributed by atoms with Gasteiger partial charge in [-0.05, 0) is 36.3 Å². The summed E-state index contributed by atoms with van der Waals surface area (Å²) in [5.74, 6) is 2.50. The van der Waals surface area contributed by atoms with Gasteiger partial charge in [0, 0.05) is 0 Å². The lowest BCUT2D eigenvalue weighted by atomic mass is 9.81. The van der Waals surface area contributed by atoms with E-state index in [1.807, 2.05) is 0 Å². The zero-order valence-electron chi connectivity index (χ0n) is 8.99. The zero-order chi connectivity index (χ0) is 9.97. The van der Waals surface area contributed by atoms with Crippen LogP contribution in [-0.2, 0) is 0 Å². The lowest BCUT2D eigenvalue weighted by Crippen LogP contribution is -2.25. The van der Waals surface area contributed by atoms with E-state index in [4.69, 9.17) is 4.74 Å². The molecular weight excluding hydrogens is 172 g/mol. The second-order valence-electron chi connectivity index (χ2n) is 4.03. The SMILES string of the molecule is CC[C@@H]1COc2ccccc2[C@@H]1CC. The van der Waals surface area contributed by atoms with Gasteiger partial charge in [-0.1, -0.05) is 32.0 Å². The van der Waals surface area contributed by atoms with E-state index in [1.54, 1.807) is 0 Å². The fraction of sp³-hybridized carbons (Fsp3) is 0.538. The molecule has 1 aromatic carbocycles. The molecule has 0 amide bonds. The van der Waals surface area contributed by atoms with Crippen LogP contribution in [0.4, 0.5) is 0 Å². The molecule has 0 aliphatic carbocycles. The first-order valence-electron chi connectivity index (χ1n) is 5.58. The fourth-order valence-corrected chi connectivity index (χ4v) is 2.44. The summed E-state index contributed by atoms with van der Waals surface area (Å²) in [5, 5.41) is 0. The van der Waals surface area contributed by atoms with Crippen LogP contribution in [0.2, 0.25) is 0 Å². The molecule has 0 spiro atoms. The van der Waals surface area contributed by atoms with E-state index in [2.05, 4.69) is 38.1 Å². The van der Waals surface area contributed by atoms with Crippen LogP contribution >= 0.6 is 0 Å². The highest BCUT2D eigenvalue weighted by Crippen LogP contribution is 2.39. The number of benzene rings is 1. The monoisotopic (exact) mass is 190 g/mol. The number of fused-ring (bicyclic) bond motifs is 1. The number of para-hydroxylation sites is 1. The maximum atomic E-state index is 5.76. The number of rotatable bonds is 2. The van der Waals surface area contributed by atoms with Crippen LogP contribution in [-0.4, -0.2) is 6.61 Å². The minimum absolute atomic E-state index is 0.699. The Kier molecular flexibility index (Phi) is 2.76. The molecule has 76 valence electrons. The van der Waals surface area contributed by atoms with Crippen molar-refractivity contribution in [2.45, 2.75) is 32.6 Å². The second-order valence-corrected chi connectivity index (χ2v) is 4.03. The van der Waals surface area contributed by atoms with Gasteiger partial charge >= 0.3 is 0 Å². The zero-order valence-corrected chi connectivity index (χ0v) is 8.99. The Labute approximate surface area is 86.1 Å². The minimum Gasteiger partial charge on any atom is -0.493 e. The molecular formula is C13H18O. The van der Waals surface area contributed by atoms with Gasteiger partial charge in [0.15, 0.2) is 0 Å². The molecule has 14 heavy (non-hydrogen) atoms. The summed E-state index contributed by atoms with van der Waals surface area (Å²) < 4.78 is 5.76. The largest absolute Gasteiger partial charge is 0.493 e. The highest BCUT2D eigenvalue weighted by molar-refractivity contribution is 5.38. The van der Waals surface area contributed by atoms with E-state index in [0.717, 1.165) is 12.4 Å². The van der Waals surface area contributed by atoms with Crippen molar-refractivity contribution in [3.63, 3.8) is 0 Å². The van der Waals surface area contributed by atoms with E-state index in [0.29, 0.717) is 11.8 Å². The molecule has 1 heterocycles. The third-order valence-electron chi connectivity index (χ3n) is 3.30. The van der Waals surface area contributed by atoms with Crippen LogP contribution < -0.4 is 4.74 Å². The van der Waals surface area contributed by atoms with Crippen LogP contribution in [0.5, 0.6) is 5.75 Å². The molecule has 0 aromatic heterocycles. The Morgan fingerprint density at radius 2 is 2.00 bits per heavy atom. The van der Waals surface area contributed by atoms with E-state index >= 15 is 0 Å². The summed E-state index contributed by atoms with van der Waals surface area (Å²) in [5.41, 5.74) is 1.41. The van der Waals surface area contributed by atoms with Gasteiger partial charge in [0.25, 0.3) is 0 Å². The molecule has 0 saturated carbocycles. The van der Waals surface area contributed by atoms with Crippen molar-refractivity contribution in [1.82, 2.24) is 0 Å². The standard InChI is InChI=1S/C13H18O/c1-3-10-9-14-13-8-6-5-7-12(13)11(10)4-2/h5-8,10-11H,3-4,9H2,1-2H3/t10-,11-/m1/s1. The topological polar surface area (TPSA) is 9.23 Å². The van der Waals surface area contributed by atoms with Gasteiger partial charge < -0.3 is 4.74 Å². The van der Waals surface area contributed by atoms with Gasteiger partial charge in [-0.3, -0.25) is 0 Å². The summed E-state index contributed by atoms with van der Waals surface area (Å²) in [7, 11) is 0. The first kappa shape index (κ1) is 9.57. The molecule has 0 saturated heterocycles. The summed E-state index contributed by atoms with van der Waals surface area (Å²) >= 11 is 0. The van der Waals surface area contributed by atoms with E-state index < -0.39 is 0 Å². The van der Waals surface area contributed by atoms with E-state index in [-0.39, 0.29) is 0 Å². The van der Waals surface area contributed by atoms with Crippen LogP contribution in [0.3, 0.4) is 0 Å². The summed E-state index contributed by atoms with van der Waals surface area (Å²) in [4.78, 5) is 0. The Morgan fingerprint density at radius 3 is 2.71 bits per heavy atom. The molecule has 2 rings (SSSR count). The van der Waals surface area contributed by atoms with Gasteiger partial charge in [0.2, 0.25) is 0 Å². The predicted octanol–water partition coefficient (Wildman–Crippen LogP) is 3.60. The summed E-state index contributed by atoms with van der Waals surface area (Å²) in [6, 6.07) is 8.47. The number of hydrogen-bond donors (Lipinski definition) is 0. The molecule has 0 bridgehead atoms. The third kappa shape index (κ3) is 1.52. The molecule has 1 aliphatic heterocycles.